The Morgan fingerprint density at radius 1 is 1.31 bits per heavy atom. The monoisotopic (exact) mass is 351 g/mol. The number of carbonyl (C=O) groups is 1. The lowest BCUT2D eigenvalue weighted by Gasteiger charge is -2.13. The molecule has 1 atom stereocenters. The molecule has 1 aliphatic carbocycles. The zero-order valence-electron chi connectivity index (χ0n) is 14.8. The number of carbonyl (C=O) groups excluding carboxylic acids is 1. The number of rotatable bonds is 5. The van der Waals surface area contributed by atoms with Crippen LogP contribution >= 0.6 is 0 Å². The normalized spacial score (nSPS) is 15.2. The predicted molar refractivity (Wildman–Crippen MR) is 97.0 cm³/mol. The minimum Gasteiger partial charge on any atom is -0.387 e. The van der Waals surface area contributed by atoms with Crippen LogP contribution in [0.2, 0.25) is 0 Å². The molecule has 0 saturated heterocycles. The molecule has 26 heavy (non-hydrogen) atoms. The van der Waals surface area contributed by atoms with Crippen LogP contribution in [0.15, 0.2) is 34.9 Å². The van der Waals surface area contributed by atoms with Gasteiger partial charge in [0.1, 0.15) is 0 Å². The number of aliphatic hydroxyl groups is 1. The van der Waals surface area contributed by atoms with Gasteiger partial charge in [-0.15, -0.1) is 0 Å². The molecule has 1 unspecified atom stereocenters. The summed E-state index contributed by atoms with van der Waals surface area (Å²) in [6, 6.07) is 9.44. The van der Waals surface area contributed by atoms with Crippen LogP contribution in [0.1, 0.15) is 57.7 Å². The van der Waals surface area contributed by atoms with Crippen LogP contribution in [-0.2, 0) is 0 Å². The summed E-state index contributed by atoms with van der Waals surface area (Å²) in [7, 11) is 0. The Kier molecular flexibility index (Phi) is 4.20. The Hall–Kier alpha value is -2.73. The van der Waals surface area contributed by atoms with Crippen LogP contribution in [0.5, 0.6) is 0 Å². The van der Waals surface area contributed by atoms with Gasteiger partial charge in [-0.05, 0) is 38.3 Å². The first-order valence-electron chi connectivity index (χ1n) is 8.82. The quantitative estimate of drug-likeness (QED) is 0.737. The lowest BCUT2D eigenvalue weighted by molar-refractivity contribution is 0.0917. The molecule has 1 aromatic carbocycles. The summed E-state index contributed by atoms with van der Waals surface area (Å²) in [6.07, 6.45) is 1.40. The Morgan fingerprint density at radius 3 is 2.73 bits per heavy atom. The molecular formula is C20H21N3O3. The number of fused-ring (bicyclic) bond motifs is 1. The molecule has 0 aliphatic heterocycles. The van der Waals surface area contributed by atoms with Crippen LogP contribution in [0.3, 0.4) is 0 Å². The highest BCUT2D eigenvalue weighted by Gasteiger charge is 2.28. The molecular weight excluding hydrogens is 330 g/mol. The summed E-state index contributed by atoms with van der Waals surface area (Å²) >= 11 is 0. The van der Waals surface area contributed by atoms with Crippen molar-refractivity contribution in [2.75, 3.05) is 6.54 Å². The van der Waals surface area contributed by atoms with Crippen LogP contribution in [-0.4, -0.2) is 27.7 Å². The van der Waals surface area contributed by atoms with Gasteiger partial charge < -0.3 is 14.9 Å². The number of benzene rings is 1. The number of hydrogen-bond acceptors (Lipinski definition) is 5. The van der Waals surface area contributed by atoms with Gasteiger partial charge >= 0.3 is 0 Å². The van der Waals surface area contributed by atoms with Gasteiger partial charge in [0.15, 0.2) is 0 Å². The van der Waals surface area contributed by atoms with Gasteiger partial charge in [-0.1, -0.05) is 35.0 Å². The first-order chi connectivity index (χ1) is 12.5. The van der Waals surface area contributed by atoms with E-state index in [1.54, 1.807) is 6.92 Å². The van der Waals surface area contributed by atoms with Gasteiger partial charge in [-0.3, -0.25) is 4.79 Å². The molecule has 0 bridgehead atoms. The number of pyridine rings is 1. The maximum absolute atomic E-state index is 12.8. The molecule has 6 heteroatoms. The average Bonchev–Trinajstić information content (AvgIpc) is 3.43. The van der Waals surface area contributed by atoms with E-state index in [9.17, 15) is 9.90 Å². The Labute approximate surface area is 151 Å². The van der Waals surface area contributed by atoms with E-state index < -0.39 is 6.10 Å². The molecule has 1 amide bonds. The van der Waals surface area contributed by atoms with E-state index in [2.05, 4.69) is 15.5 Å². The summed E-state index contributed by atoms with van der Waals surface area (Å²) in [5, 5.41) is 17.7. The van der Waals surface area contributed by atoms with E-state index >= 15 is 0 Å². The summed E-state index contributed by atoms with van der Waals surface area (Å²) in [4.78, 5) is 17.3. The second-order valence-electron chi connectivity index (χ2n) is 6.95. The fourth-order valence-electron chi connectivity index (χ4n) is 3.07. The highest BCUT2D eigenvalue weighted by atomic mass is 16.5. The minimum atomic E-state index is -0.761. The van der Waals surface area contributed by atoms with Gasteiger partial charge in [-0.25, -0.2) is 4.98 Å². The maximum Gasteiger partial charge on any atom is 0.259 e. The highest BCUT2D eigenvalue weighted by Crippen LogP contribution is 2.40. The molecule has 3 aromatic rings. The van der Waals surface area contributed by atoms with E-state index in [4.69, 9.17) is 4.52 Å². The molecule has 2 aromatic heterocycles. The van der Waals surface area contributed by atoms with Crippen molar-refractivity contribution in [1.82, 2.24) is 15.5 Å². The lowest BCUT2D eigenvalue weighted by Crippen LogP contribution is -2.28. The van der Waals surface area contributed by atoms with Gasteiger partial charge in [0, 0.05) is 18.2 Å². The molecule has 0 radical (unpaired) electrons. The SMILES string of the molecule is Cc1ccc(C(O)CNC(=O)c2cc(C3CC3)nc3onc(C)c23)cc1. The fourth-order valence-corrected chi connectivity index (χ4v) is 3.07. The van der Waals surface area contributed by atoms with Gasteiger partial charge in [0.25, 0.3) is 11.6 Å². The van der Waals surface area contributed by atoms with Crippen LogP contribution in [0, 0.1) is 13.8 Å². The standard InChI is InChI=1S/C20H21N3O3/c1-11-3-5-14(6-4-11)17(24)10-21-19(25)15-9-16(13-7-8-13)22-20-18(15)12(2)23-26-20/h3-6,9,13,17,24H,7-8,10H2,1-2H3,(H,21,25). The molecule has 4 rings (SSSR count). The Bertz CT molecular complexity index is 958. The van der Waals surface area contributed by atoms with E-state index in [1.165, 1.54) is 0 Å². The molecule has 1 saturated carbocycles. The highest BCUT2D eigenvalue weighted by molar-refractivity contribution is 6.06. The number of aryl methyl sites for hydroxylation is 2. The zero-order chi connectivity index (χ0) is 18.3. The zero-order valence-corrected chi connectivity index (χ0v) is 14.8. The Morgan fingerprint density at radius 2 is 2.04 bits per heavy atom. The fraction of sp³-hybridized carbons (Fsp3) is 0.350. The van der Waals surface area contributed by atoms with Crippen LogP contribution < -0.4 is 5.32 Å². The number of hydrogen-bond donors (Lipinski definition) is 2. The maximum atomic E-state index is 12.8. The topological polar surface area (TPSA) is 88.2 Å². The van der Waals surface area contributed by atoms with Crippen LogP contribution in [0.4, 0.5) is 0 Å². The van der Waals surface area contributed by atoms with Crippen molar-refractivity contribution >= 4 is 17.0 Å². The molecule has 2 N–H and O–H groups in total. The summed E-state index contributed by atoms with van der Waals surface area (Å²) in [5.74, 6) is 0.145. The van der Waals surface area contributed by atoms with Crippen molar-refractivity contribution in [3.63, 3.8) is 0 Å². The van der Waals surface area contributed by atoms with E-state index in [0.717, 1.165) is 29.7 Å². The lowest BCUT2D eigenvalue weighted by atomic mass is 10.1. The van der Waals surface area contributed by atoms with E-state index in [-0.39, 0.29) is 12.5 Å². The smallest absolute Gasteiger partial charge is 0.259 e. The van der Waals surface area contributed by atoms with Crippen molar-refractivity contribution in [3.05, 3.63) is 58.4 Å². The predicted octanol–water partition coefficient (Wildman–Crippen LogP) is 3.18. The van der Waals surface area contributed by atoms with Gasteiger partial charge in [0.2, 0.25) is 0 Å². The van der Waals surface area contributed by atoms with Crippen LogP contribution in [0.25, 0.3) is 11.1 Å². The van der Waals surface area contributed by atoms with Crippen molar-refractivity contribution in [1.29, 1.82) is 0 Å². The third kappa shape index (κ3) is 3.20. The number of aliphatic hydroxyl groups excluding tert-OH is 1. The second-order valence-corrected chi connectivity index (χ2v) is 6.95. The third-order valence-corrected chi connectivity index (χ3v) is 4.80. The molecule has 2 heterocycles. The first-order valence-corrected chi connectivity index (χ1v) is 8.82. The number of nitrogens with zero attached hydrogens (tertiary/aromatic N) is 2. The van der Waals surface area contributed by atoms with E-state index in [0.29, 0.717) is 28.3 Å². The van der Waals surface area contributed by atoms with Crippen molar-refractivity contribution in [3.8, 4) is 0 Å². The van der Waals surface area contributed by atoms with Gasteiger partial charge in [0.05, 0.1) is 22.7 Å². The second kappa shape index (κ2) is 6.53. The van der Waals surface area contributed by atoms with Crippen molar-refractivity contribution in [2.45, 2.75) is 38.7 Å². The summed E-state index contributed by atoms with van der Waals surface area (Å²) < 4.78 is 5.27. The number of nitrogens with one attached hydrogen (secondary N) is 1. The molecule has 134 valence electrons. The molecule has 0 spiro atoms. The number of amides is 1. The largest absolute Gasteiger partial charge is 0.387 e. The summed E-state index contributed by atoms with van der Waals surface area (Å²) in [5.41, 5.74) is 4.31. The molecule has 1 aliphatic rings. The van der Waals surface area contributed by atoms with E-state index in [1.807, 2.05) is 37.3 Å². The molecule has 6 nitrogen and oxygen atoms in total. The summed E-state index contributed by atoms with van der Waals surface area (Å²) in [6.45, 7) is 3.92. The van der Waals surface area contributed by atoms with Crippen molar-refractivity contribution < 1.29 is 14.4 Å². The van der Waals surface area contributed by atoms with Crippen molar-refractivity contribution in [2.24, 2.45) is 0 Å². The third-order valence-electron chi connectivity index (χ3n) is 4.80. The molecule has 1 fully saturated rings. The van der Waals surface area contributed by atoms with Gasteiger partial charge in [-0.2, -0.15) is 0 Å². The number of aromatic nitrogens is 2. The minimum absolute atomic E-state index is 0.134. The Balaban J connectivity index is 1.55. The average molecular weight is 351 g/mol. The first kappa shape index (κ1) is 16.7.